The second-order valence-electron chi connectivity index (χ2n) is 3.17. The third kappa shape index (κ3) is 2.59. The highest BCUT2D eigenvalue weighted by Gasteiger charge is 2.21. The van der Waals surface area contributed by atoms with Crippen molar-refractivity contribution in [3.05, 3.63) is 51.6 Å². The highest BCUT2D eigenvalue weighted by atomic mass is 35.5. The average molecular weight is 237 g/mol. The van der Waals surface area contributed by atoms with Crippen molar-refractivity contribution in [2.24, 2.45) is 0 Å². The van der Waals surface area contributed by atoms with Crippen molar-refractivity contribution in [1.82, 2.24) is 0 Å². The molecule has 1 aromatic rings. The Hall–Kier alpha value is -1.86. The van der Waals surface area contributed by atoms with Crippen LogP contribution in [-0.2, 0) is 0 Å². The van der Waals surface area contributed by atoms with Crippen LogP contribution in [0.15, 0.2) is 30.9 Å². The summed E-state index contributed by atoms with van der Waals surface area (Å²) >= 11 is 5.76. The SMILES string of the molecule is C=CCC(C#N)c1cc(Cl)ccc1[N+](=O)[O-]. The van der Waals surface area contributed by atoms with Gasteiger partial charge in [-0.2, -0.15) is 5.26 Å². The molecule has 1 unspecified atom stereocenters. The lowest BCUT2D eigenvalue weighted by molar-refractivity contribution is -0.385. The van der Waals surface area contributed by atoms with Crippen LogP contribution in [0.25, 0.3) is 0 Å². The van der Waals surface area contributed by atoms with Gasteiger partial charge in [-0.3, -0.25) is 10.1 Å². The second kappa shape index (κ2) is 5.29. The van der Waals surface area contributed by atoms with E-state index in [1.165, 1.54) is 18.2 Å². The molecule has 0 saturated heterocycles. The van der Waals surface area contributed by atoms with Crippen LogP contribution < -0.4 is 0 Å². The molecule has 0 spiro atoms. The number of nitro benzene ring substituents is 1. The molecule has 0 aliphatic rings. The monoisotopic (exact) mass is 236 g/mol. The zero-order valence-corrected chi connectivity index (χ0v) is 9.15. The lowest BCUT2D eigenvalue weighted by Gasteiger charge is -2.07. The first-order chi connectivity index (χ1) is 7.60. The molecule has 0 amide bonds. The van der Waals surface area contributed by atoms with E-state index < -0.39 is 10.8 Å². The maximum absolute atomic E-state index is 10.8. The van der Waals surface area contributed by atoms with Gasteiger partial charge >= 0.3 is 0 Å². The molecule has 0 bridgehead atoms. The summed E-state index contributed by atoms with van der Waals surface area (Å²) < 4.78 is 0. The van der Waals surface area contributed by atoms with Crippen LogP contribution in [-0.4, -0.2) is 4.92 Å². The Bertz CT molecular complexity index is 466. The van der Waals surface area contributed by atoms with Gasteiger partial charge in [-0.25, -0.2) is 0 Å². The topological polar surface area (TPSA) is 66.9 Å². The second-order valence-corrected chi connectivity index (χ2v) is 3.60. The van der Waals surface area contributed by atoms with Crippen molar-refractivity contribution in [2.45, 2.75) is 12.3 Å². The molecular weight excluding hydrogens is 228 g/mol. The van der Waals surface area contributed by atoms with E-state index in [2.05, 4.69) is 6.58 Å². The molecule has 82 valence electrons. The van der Waals surface area contributed by atoms with Gasteiger partial charge in [-0.05, 0) is 18.6 Å². The predicted molar refractivity (Wildman–Crippen MR) is 61.3 cm³/mol. The van der Waals surface area contributed by atoms with Crippen LogP contribution >= 0.6 is 11.6 Å². The quantitative estimate of drug-likeness (QED) is 0.457. The molecule has 5 heteroatoms. The van der Waals surface area contributed by atoms with Crippen molar-refractivity contribution >= 4 is 17.3 Å². The fourth-order valence-corrected chi connectivity index (χ4v) is 1.57. The Morgan fingerprint density at radius 3 is 2.88 bits per heavy atom. The summed E-state index contributed by atoms with van der Waals surface area (Å²) in [6.45, 7) is 3.52. The van der Waals surface area contributed by atoms with E-state index in [1.54, 1.807) is 6.08 Å². The third-order valence-corrected chi connectivity index (χ3v) is 2.35. The molecule has 0 aliphatic carbocycles. The fourth-order valence-electron chi connectivity index (χ4n) is 1.39. The van der Waals surface area contributed by atoms with Gasteiger partial charge in [0.25, 0.3) is 5.69 Å². The summed E-state index contributed by atoms with van der Waals surface area (Å²) in [5, 5.41) is 20.1. The van der Waals surface area contributed by atoms with E-state index in [9.17, 15) is 10.1 Å². The number of benzene rings is 1. The van der Waals surface area contributed by atoms with Crippen LogP contribution in [0.5, 0.6) is 0 Å². The Labute approximate surface area is 97.9 Å². The molecule has 1 atom stereocenters. The number of rotatable bonds is 4. The van der Waals surface area contributed by atoms with Gasteiger partial charge in [0.15, 0.2) is 0 Å². The van der Waals surface area contributed by atoms with E-state index >= 15 is 0 Å². The normalized spacial score (nSPS) is 11.5. The Kier molecular flexibility index (Phi) is 4.03. The van der Waals surface area contributed by atoms with Crippen molar-refractivity contribution in [3.8, 4) is 6.07 Å². The van der Waals surface area contributed by atoms with E-state index in [4.69, 9.17) is 16.9 Å². The van der Waals surface area contributed by atoms with E-state index in [0.717, 1.165) is 0 Å². The minimum absolute atomic E-state index is 0.0854. The summed E-state index contributed by atoms with van der Waals surface area (Å²) in [5.41, 5.74) is 0.248. The largest absolute Gasteiger partial charge is 0.274 e. The predicted octanol–water partition coefficient (Wildman–Crippen LogP) is 3.43. The zero-order chi connectivity index (χ0) is 12.1. The maximum atomic E-state index is 10.8. The summed E-state index contributed by atoms with van der Waals surface area (Å²) in [6.07, 6.45) is 1.91. The first-order valence-corrected chi connectivity index (χ1v) is 4.92. The van der Waals surface area contributed by atoms with E-state index in [0.29, 0.717) is 17.0 Å². The van der Waals surface area contributed by atoms with Crippen LogP contribution in [0.1, 0.15) is 17.9 Å². The van der Waals surface area contributed by atoms with Crippen LogP contribution in [0, 0.1) is 21.4 Å². The molecule has 16 heavy (non-hydrogen) atoms. The molecule has 1 aromatic carbocycles. The smallest absolute Gasteiger partial charge is 0.258 e. The zero-order valence-electron chi connectivity index (χ0n) is 8.39. The standard InChI is InChI=1S/C11H9ClN2O2/c1-2-3-8(7-13)10-6-9(12)4-5-11(10)14(15)16/h2,4-6,8H,1,3H2. The van der Waals surface area contributed by atoms with E-state index in [1.807, 2.05) is 6.07 Å². The maximum Gasteiger partial charge on any atom is 0.274 e. The molecule has 0 aliphatic heterocycles. The molecule has 0 saturated carbocycles. The minimum atomic E-state index is -0.586. The summed E-state index contributed by atoms with van der Waals surface area (Å²) in [4.78, 5) is 10.3. The summed E-state index contributed by atoms with van der Waals surface area (Å²) in [7, 11) is 0. The first-order valence-electron chi connectivity index (χ1n) is 4.54. The lowest BCUT2D eigenvalue weighted by atomic mass is 9.96. The van der Waals surface area contributed by atoms with Gasteiger partial charge in [-0.1, -0.05) is 17.7 Å². The molecular formula is C11H9ClN2O2. The lowest BCUT2D eigenvalue weighted by Crippen LogP contribution is -2.00. The molecule has 0 radical (unpaired) electrons. The Morgan fingerprint density at radius 2 is 2.38 bits per heavy atom. The Balaban J connectivity index is 3.28. The number of allylic oxidation sites excluding steroid dienone is 1. The van der Waals surface area contributed by atoms with Crippen molar-refractivity contribution < 1.29 is 4.92 Å². The number of nitrogens with zero attached hydrogens (tertiary/aromatic N) is 2. The molecule has 1 rings (SSSR count). The first kappa shape index (κ1) is 12.2. The average Bonchev–Trinajstić information content (AvgIpc) is 2.25. The fraction of sp³-hybridized carbons (Fsp3) is 0.182. The van der Waals surface area contributed by atoms with Gasteiger partial charge in [0.2, 0.25) is 0 Å². The van der Waals surface area contributed by atoms with Gasteiger partial charge in [0.1, 0.15) is 0 Å². The highest BCUT2D eigenvalue weighted by Crippen LogP contribution is 2.31. The number of nitro groups is 1. The number of hydrogen-bond acceptors (Lipinski definition) is 3. The van der Waals surface area contributed by atoms with Gasteiger partial charge < -0.3 is 0 Å². The molecule has 0 N–H and O–H groups in total. The van der Waals surface area contributed by atoms with Crippen molar-refractivity contribution in [3.63, 3.8) is 0 Å². The van der Waals surface area contributed by atoms with Crippen LogP contribution in [0.3, 0.4) is 0 Å². The van der Waals surface area contributed by atoms with E-state index in [-0.39, 0.29) is 5.69 Å². The molecule has 0 fully saturated rings. The molecule has 0 aromatic heterocycles. The van der Waals surface area contributed by atoms with Gasteiger partial charge in [0.05, 0.1) is 16.9 Å². The third-order valence-electron chi connectivity index (χ3n) is 2.12. The van der Waals surface area contributed by atoms with Crippen LogP contribution in [0.2, 0.25) is 5.02 Å². The Morgan fingerprint density at radius 1 is 1.69 bits per heavy atom. The number of nitriles is 1. The molecule has 4 nitrogen and oxygen atoms in total. The van der Waals surface area contributed by atoms with Gasteiger partial charge in [-0.15, -0.1) is 6.58 Å². The highest BCUT2D eigenvalue weighted by molar-refractivity contribution is 6.30. The number of hydrogen-bond donors (Lipinski definition) is 0. The summed E-state index contributed by atoms with van der Waals surface area (Å²) in [5.74, 6) is -0.586. The van der Waals surface area contributed by atoms with Gasteiger partial charge in [0, 0.05) is 16.7 Å². The number of halogens is 1. The minimum Gasteiger partial charge on any atom is -0.258 e. The van der Waals surface area contributed by atoms with Crippen molar-refractivity contribution in [2.75, 3.05) is 0 Å². The molecule has 0 heterocycles. The summed E-state index contributed by atoms with van der Waals surface area (Å²) in [6, 6.07) is 6.21. The van der Waals surface area contributed by atoms with Crippen molar-refractivity contribution in [1.29, 1.82) is 5.26 Å². The van der Waals surface area contributed by atoms with Crippen LogP contribution in [0.4, 0.5) is 5.69 Å².